The van der Waals surface area contributed by atoms with E-state index in [2.05, 4.69) is 35.7 Å². The van der Waals surface area contributed by atoms with E-state index < -0.39 is 0 Å². The predicted octanol–water partition coefficient (Wildman–Crippen LogP) is 2.45. The third-order valence-electron chi connectivity index (χ3n) is 2.93. The molecule has 0 amide bonds. The maximum atomic E-state index is 5.73. The summed E-state index contributed by atoms with van der Waals surface area (Å²) < 4.78 is 9.22. The molecule has 0 aliphatic carbocycles. The first-order valence-electron chi connectivity index (χ1n) is 5.58. The number of nitrogens with zero attached hydrogens (tertiary/aromatic N) is 2. The lowest BCUT2D eigenvalue weighted by Gasteiger charge is -2.33. The highest BCUT2D eigenvalue weighted by molar-refractivity contribution is 14.0. The SMILES string of the molecule is Cc1ccc(C2CN(/C(N)=N\Cl)CCO2)cc1.I. The molecule has 0 bridgehead atoms. The molecule has 2 rings (SSSR count). The van der Waals surface area contributed by atoms with Gasteiger partial charge in [0.25, 0.3) is 0 Å². The van der Waals surface area contributed by atoms with Crippen molar-refractivity contribution in [2.24, 2.45) is 10.2 Å². The average molecular weight is 382 g/mol. The fraction of sp³-hybridized carbons (Fsp3) is 0.417. The van der Waals surface area contributed by atoms with Gasteiger partial charge in [-0.15, -0.1) is 28.5 Å². The molecule has 1 unspecified atom stereocenters. The Kier molecular flexibility index (Phi) is 6.17. The third kappa shape index (κ3) is 3.73. The van der Waals surface area contributed by atoms with Gasteiger partial charge in [-0.1, -0.05) is 29.8 Å². The Morgan fingerprint density at radius 1 is 1.44 bits per heavy atom. The summed E-state index contributed by atoms with van der Waals surface area (Å²) in [4.78, 5) is 1.93. The number of benzene rings is 1. The molecule has 1 aromatic carbocycles. The first kappa shape index (κ1) is 15.5. The van der Waals surface area contributed by atoms with Crippen LogP contribution in [0.5, 0.6) is 0 Å². The van der Waals surface area contributed by atoms with E-state index in [4.69, 9.17) is 22.2 Å². The average Bonchev–Trinajstić information content (AvgIpc) is 2.39. The zero-order chi connectivity index (χ0) is 12.3. The fourth-order valence-corrected chi connectivity index (χ4v) is 2.00. The van der Waals surface area contributed by atoms with Crippen LogP contribution in [-0.4, -0.2) is 30.6 Å². The fourth-order valence-electron chi connectivity index (χ4n) is 1.89. The summed E-state index contributed by atoms with van der Waals surface area (Å²) in [5.41, 5.74) is 8.09. The summed E-state index contributed by atoms with van der Waals surface area (Å²) in [7, 11) is 0. The molecule has 0 saturated carbocycles. The van der Waals surface area contributed by atoms with E-state index >= 15 is 0 Å². The molecule has 1 fully saturated rings. The molecule has 1 heterocycles. The highest BCUT2D eigenvalue weighted by Gasteiger charge is 2.22. The van der Waals surface area contributed by atoms with Crippen LogP contribution in [0.4, 0.5) is 0 Å². The van der Waals surface area contributed by atoms with Gasteiger partial charge in [-0.05, 0) is 12.5 Å². The molecule has 0 aromatic heterocycles. The molecule has 1 aliphatic heterocycles. The topological polar surface area (TPSA) is 50.8 Å². The van der Waals surface area contributed by atoms with Crippen LogP contribution in [0.1, 0.15) is 17.2 Å². The second kappa shape index (κ2) is 7.16. The number of hydrogen-bond acceptors (Lipinski definition) is 2. The number of guanidine groups is 1. The first-order chi connectivity index (χ1) is 8.20. The van der Waals surface area contributed by atoms with Crippen LogP contribution < -0.4 is 5.73 Å². The van der Waals surface area contributed by atoms with Gasteiger partial charge in [-0.3, -0.25) is 0 Å². The second-order valence-corrected chi connectivity index (χ2v) is 4.33. The Hall–Kier alpha value is -0.530. The first-order valence-corrected chi connectivity index (χ1v) is 5.92. The Labute approximate surface area is 129 Å². The van der Waals surface area contributed by atoms with Crippen molar-refractivity contribution < 1.29 is 4.74 Å². The summed E-state index contributed by atoms with van der Waals surface area (Å²) in [5, 5.41) is 0. The van der Waals surface area contributed by atoms with Crippen molar-refractivity contribution in [3.05, 3.63) is 35.4 Å². The zero-order valence-corrected chi connectivity index (χ0v) is 13.3. The van der Waals surface area contributed by atoms with Crippen LogP contribution in [0.3, 0.4) is 0 Å². The lowest BCUT2D eigenvalue weighted by Crippen LogP contribution is -2.45. The number of hydrogen-bond donors (Lipinski definition) is 1. The van der Waals surface area contributed by atoms with Gasteiger partial charge in [-0.2, -0.15) is 0 Å². The van der Waals surface area contributed by atoms with E-state index in [-0.39, 0.29) is 30.1 Å². The number of rotatable bonds is 1. The van der Waals surface area contributed by atoms with E-state index in [1.807, 2.05) is 4.90 Å². The minimum Gasteiger partial charge on any atom is -0.370 e. The van der Waals surface area contributed by atoms with Gasteiger partial charge < -0.3 is 15.4 Å². The minimum absolute atomic E-state index is 0. The van der Waals surface area contributed by atoms with Crippen molar-refractivity contribution in [2.45, 2.75) is 13.0 Å². The van der Waals surface area contributed by atoms with Crippen molar-refractivity contribution >= 4 is 41.7 Å². The van der Waals surface area contributed by atoms with Crippen molar-refractivity contribution in [1.29, 1.82) is 0 Å². The van der Waals surface area contributed by atoms with Crippen LogP contribution >= 0.6 is 35.8 Å². The van der Waals surface area contributed by atoms with Gasteiger partial charge in [-0.25, -0.2) is 0 Å². The molecule has 4 nitrogen and oxygen atoms in total. The summed E-state index contributed by atoms with van der Waals surface area (Å²) in [5.74, 6) is 0.354. The van der Waals surface area contributed by atoms with Crippen LogP contribution in [0.15, 0.2) is 28.8 Å². The summed E-state index contributed by atoms with van der Waals surface area (Å²) in [6, 6.07) is 8.32. The van der Waals surface area contributed by atoms with E-state index in [1.165, 1.54) is 5.56 Å². The number of nitrogens with two attached hydrogens (primary N) is 1. The zero-order valence-electron chi connectivity index (χ0n) is 10.2. The van der Waals surface area contributed by atoms with E-state index in [9.17, 15) is 0 Å². The Morgan fingerprint density at radius 2 is 2.11 bits per heavy atom. The van der Waals surface area contributed by atoms with E-state index in [0.717, 1.165) is 12.1 Å². The van der Waals surface area contributed by atoms with Crippen molar-refractivity contribution in [3.8, 4) is 0 Å². The van der Waals surface area contributed by atoms with E-state index in [0.29, 0.717) is 19.1 Å². The molecule has 1 aliphatic rings. The van der Waals surface area contributed by atoms with Gasteiger partial charge in [0.1, 0.15) is 6.10 Å². The van der Waals surface area contributed by atoms with Gasteiger partial charge >= 0.3 is 0 Å². The van der Waals surface area contributed by atoms with Gasteiger partial charge in [0.15, 0.2) is 0 Å². The largest absolute Gasteiger partial charge is 0.370 e. The molecule has 0 spiro atoms. The van der Waals surface area contributed by atoms with Crippen LogP contribution in [0.25, 0.3) is 0 Å². The molecule has 100 valence electrons. The highest BCUT2D eigenvalue weighted by atomic mass is 127. The molecule has 2 N–H and O–H groups in total. The van der Waals surface area contributed by atoms with Crippen molar-refractivity contribution in [1.82, 2.24) is 4.90 Å². The Balaban J connectivity index is 0.00000162. The van der Waals surface area contributed by atoms with Gasteiger partial charge in [0.2, 0.25) is 5.96 Å². The lowest BCUT2D eigenvalue weighted by molar-refractivity contribution is -0.00720. The maximum absolute atomic E-state index is 5.73. The molecule has 18 heavy (non-hydrogen) atoms. The lowest BCUT2D eigenvalue weighted by atomic mass is 10.1. The highest BCUT2D eigenvalue weighted by Crippen LogP contribution is 2.22. The number of halogens is 2. The third-order valence-corrected chi connectivity index (χ3v) is 3.10. The normalized spacial score (nSPS) is 20.4. The van der Waals surface area contributed by atoms with Gasteiger partial charge in [0.05, 0.1) is 13.2 Å². The Bertz CT molecular complexity index is 410. The second-order valence-electron chi connectivity index (χ2n) is 4.16. The molecule has 1 saturated heterocycles. The van der Waals surface area contributed by atoms with Crippen molar-refractivity contribution in [3.63, 3.8) is 0 Å². The molecular weight excluding hydrogens is 365 g/mol. The van der Waals surface area contributed by atoms with E-state index in [1.54, 1.807) is 0 Å². The monoisotopic (exact) mass is 381 g/mol. The Morgan fingerprint density at radius 3 is 2.72 bits per heavy atom. The summed E-state index contributed by atoms with van der Waals surface area (Å²) >= 11 is 5.38. The smallest absolute Gasteiger partial charge is 0.209 e. The quantitative estimate of drug-likeness (QED) is 0.462. The molecule has 1 aromatic rings. The maximum Gasteiger partial charge on any atom is 0.209 e. The molecule has 1 atom stereocenters. The molecule has 6 heteroatoms. The number of ether oxygens (including phenoxy) is 1. The van der Waals surface area contributed by atoms with Crippen LogP contribution in [0, 0.1) is 6.92 Å². The molecule has 0 radical (unpaired) electrons. The number of morpholine rings is 1. The summed E-state index contributed by atoms with van der Waals surface area (Å²) in [6.07, 6.45) is 0.0290. The minimum atomic E-state index is 0. The summed E-state index contributed by atoms with van der Waals surface area (Å²) in [6.45, 7) is 4.11. The van der Waals surface area contributed by atoms with Crippen molar-refractivity contribution in [2.75, 3.05) is 19.7 Å². The van der Waals surface area contributed by atoms with Gasteiger partial charge in [0, 0.05) is 18.3 Å². The molecular formula is C12H17ClIN3O. The number of aryl methyl sites for hydroxylation is 1. The van der Waals surface area contributed by atoms with Crippen LogP contribution in [-0.2, 0) is 4.74 Å². The predicted molar refractivity (Wildman–Crippen MR) is 84.3 cm³/mol. The van der Waals surface area contributed by atoms with Crippen LogP contribution in [0.2, 0.25) is 0 Å². The standard InChI is InChI=1S/C12H16ClN3O.HI/c1-9-2-4-10(5-3-9)11-8-16(6-7-17-11)12(14)15-13;/h2-5,11H,6-8H2,1H3,(H2,14,15);1H.